The molecule has 158 valence electrons. The van der Waals surface area contributed by atoms with Gasteiger partial charge in [0.05, 0.1) is 23.1 Å². The van der Waals surface area contributed by atoms with Crippen LogP contribution in [-0.4, -0.2) is 52.2 Å². The lowest BCUT2D eigenvalue weighted by Gasteiger charge is -2.27. The summed E-state index contributed by atoms with van der Waals surface area (Å²) in [6, 6.07) is 19.3. The Bertz CT molecular complexity index is 1170. The number of nitrogens with zero attached hydrogens (tertiary/aromatic N) is 4. The Kier molecular flexibility index (Phi) is 5.78. The van der Waals surface area contributed by atoms with Crippen LogP contribution in [0.3, 0.4) is 0 Å². The summed E-state index contributed by atoms with van der Waals surface area (Å²) < 4.78 is 2.30. The first kappa shape index (κ1) is 19.9. The highest BCUT2D eigenvalue weighted by molar-refractivity contribution is 5.87. The molecule has 0 spiro atoms. The maximum absolute atomic E-state index is 4.72. The maximum Gasteiger partial charge on any atom is 0.0958 e. The third-order valence-electron chi connectivity index (χ3n) is 6.11. The predicted molar refractivity (Wildman–Crippen MR) is 127 cm³/mol. The molecule has 1 N–H and O–H groups in total. The van der Waals surface area contributed by atoms with Crippen LogP contribution >= 0.6 is 0 Å². The molecule has 1 aliphatic heterocycles. The second-order valence-corrected chi connectivity index (χ2v) is 8.36. The van der Waals surface area contributed by atoms with Crippen molar-refractivity contribution in [1.82, 2.24) is 24.8 Å². The average molecular weight is 412 g/mol. The Hall–Kier alpha value is -3.02. The summed E-state index contributed by atoms with van der Waals surface area (Å²) in [6.07, 6.45) is 4.99. The summed E-state index contributed by atoms with van der Waals surface area (Å²) >= 11 is 0. The van der Waals surface area contributed by atoms with E-state index in [-0.39, 0.29) is 0 Å². The molecule has 0 radical (unpaired) electrons. The molecule has 0 saturated carbocycles. The fourth-order valence-corrected chi connectivity index (χ4v) is 4.46. The van der Waals surface area contributed by atoms with Crippen molar-refractivity contribution in [3.8, 4) is 22.4 Å². The van der Waals surface area contributed by atoms with E-state index in [1.807, 2.05) is 18.6 Å². The summed E-state index contributed by atoms with van der Waals surface area (Å²) in [6.45, 7) is 8.76. The third-order valence-corrected chi connectivity index (χ3v) is 6.11. The first-order chi connectivity index (χ1) is 15.3. The smallest absolute Gasteiger partial charge is 0.0958 e. The number of aromatic nitrogens is 3. The first-order valence-corrected chi connectivity index (χ1v) is 11.2. The van der Waals surface area contributed by atoms with Crippen LogP contribution < -0.4 is 5.32 Å². The van der Waals surface area contributed by atoms with Gasteiger partial charge in [-0.05, 0) is 49.7 Å². The van der Waals surface area contributed by atoms with Crippen LogP contribution in [0.5, 0.6) is 0 Å². The van der Waals surface area contributed by atoms with Crippen molar-refractivity contribution in [2.24, 2.45) is 0 Å². The minimum absolute atomic E-state index is 0.988. The summed E-state index contributed by atoms with van der Waals surface area (Å²) in [7, 11) is 0. The van der Waals surface area contributed by atoms with Crippen LogP contribution in [0.25, 0.3) is 33.4 Å². The number of pyridine rings is 1. The summed E-state index contributed by atoms with van der Waals surface area (Å²) in [4.78, 5) is 11.9. The Morgan fingerprint density at radius 2 is 1.81 bits per heavy atom. The molecule has 2 aromatic heterocycles. The van der Waals surface area contributed by atoms with E-state index in [0.29, 0.717) is 0 Å². The molecule has 0 amide bonds. The number of fused-ring (bicyclic) bond motifs is 1. The Morgan fingerprint density at radius 1 is 0.903 bits per heavy atom. The minimum atomic E-state index is 0.988. The van der Waals surface area contributed by atoms with Crippen LogP contribution in [0.2, 0.25) is 0 Å². The van der Waals surface area contributed by atoms with Crippen LogP contribution in [0.1, 0.15) is 12.0 Å². The van der Waals surface area contributed by atoms with Crippen LogP contribution in [0, 0.1) is 6.92 Å². The standard InChI is InChI=1S/C26H29N5/c1-20-5-2-6-22(17-20)26-23(7-3-10-28-26)21-8-9-24-25(18-21)31(19-29-24)14-4-13-30-15-11-27-12-16-30/h2-3,5-10,17-19,27H,4,11-16H2,1H3. The van der Waals surface area contributed by atoms with Crippen molar-refractivity contribution >= 4 is 11.0 Å². The molecule has 0 aliphatic carbocycles. The van der Waals surface area contributed by atoms with Crippen molar-refractivity contribution in [2.75, 3.05) is 32.7 Å². The predicted octanol–water partition coefficient (Wildman–Crippen LogP) is 4.37. The Balaban J connectivity index is 1.42. The van der Waals surface area contributed by atoms with Crippen molar-refractivity contribution < 1.29 is 0 Å². The van der Waals surface area contributed by atoms with Crippen molar-refractivity contribution in [3.63, 3.8) is 0 Å². The van der Waals surface area contributed by atoms with Gasteiger partial charge in [-0.1, -0.05) is 35.9 Å². The van der Waals surface area contributed by atoms with Gasteiger partial charge in [0.15, 0.2) is 0 Å². The van der Waals surface area contributed by atoms with Gasteiger partial charge in [0.25, 0.3) is 0 Å². The minimum Gasteiger partial charge on any atom is -0.331 e. The largest absolute Gasteiger partial charge is 0.331 e. The lowest BCUT2D eigenvalue weighted by molar-refractivity contribution is 0.235. The second-order valence-electron chi connectivity index (χ2n) is 8.36. The fraction of sp³-hybridized carbons (Fsp3) is 0.308. The lowest BCUT2D eigenvalue weighted by atomic mass is 9.98. The van der Waals surface area contributed by atoms with E-state index in [1.165, 1.54) is 16.6 Å². The molecule has 1 aliphatic rings. The molecule has 0 bridgehead atoms. The van der Waals surface area contributed by atoms with E-state index in [1.54, 1.807) is 0 Å². The topological polar surface area (TPSA) is 46.0 Å². The Labute approximate surface area is 183 Å². The fourth-order valence-electron chi connectivity index (χ4n) is 4.46. The number of rotatable bonds is 6. The zero-order valence-electron chi connectivity index (χ0n) is 18.1. The van der Waals surface area contributed by atoms with E-state index >= 15 is 0 Å². The zero-order chi connectivity index (χ0) is 21.0. The van der Waals surface area contributed by atoms with Gasteiger partial charge in [-0.15, -0.1) is 0 Å². The van der Waals surface area contributed by atoms with Gasteiger partial charge in [0, 0.05) is 50.0 Å². The summed E-state index contributed by atoms with van der Waals surface area (Å²) in [5.74, 6) is 0. The van der Waals surface area contributed by atoms with Crippen LogP contribution in [-0.2, 0) is 6.54 Å². The van der Waals surface area contributed by atoms with Gasteiger partial charge in [-0.25, -0.2) is 4.98 Å². The number of nitrogens with one attached hydrogen (secondary N) is 1. The average Bonchev–Trinajstić information content (AvgIpc) is 3.22. The number of hydrogen-bond acceptors (Lipinski definition) is 4. The second kappa shape index (κ2) is 9.00. The van der Waals surface area contributed by atoms with Gasteiger partial charge < -0.3 is 14.8 Å². The zero-order valence-corrected chi connectivity index (χ0v) is 18.1. The highest BCUT2D eigenvalue weighted by Crippen LogP contribution is 2.32. The van der Waals surface area contributed by atoms with Crippen molar-refractivity contribution in [2.45, 2.75) is 19.9 Å². The number of aryl methyl sites for hydroxylation is 2. The molecule has 5 rings (SSSR count). The van der Waals surface area contributed by atoms with Crippen LogP contribution in [0.15, 0.2) is 67.1 Å². The molecule has 3 heterocycles. The van der Waals surface area contributed by atoms with Gasteiger partial charge in [0.2, 0.25) is 0 Å². The van der Waals surface area contributed by atoms with E-state index in [0.717, 1.165) is 68.0 Å². The normalized spacial score (nSPS) is 14.9. The molecule has 0 unspecified atom stereocenters. The van der Waals surface area contributed by atoms with E-state index in [2.05, 4.69) is 75.2 Å². The van der Waals surface area contributed by atoms with Gasteiger partial charge >= 0.3 is 0 Å². The molecule has 0 atom stereocenters. The molecule has 5 heteroatoms. The third kappa shape index (κ3) is 4.38. The maximum atomic E-state index is 4.72. The summed E-state index contributed by atoms with van der Waals surface area (Å²) in [5, 5.41) is 3.42. The highest BCUT2D eigenvalue weighted by Gasteiger charge is 2.12. The van der Waals surface area contributed by atoms with E-state index < -0.39 is 0 Å². The molecular weight excluding hydrogens is 382 g/mol. The molecule has 1 fully saturated rings. The molecular formula is C26H29N5. The number of hydrogen-bond donors (Lipinski definition) is 1. The van der Waals surface area contributed by atoms with E-state index in [4.69, 9.17) is 4.98 Å². The molecule has 1 saturated heterocycles. The molecule has 4 aromatic rings. The molecule has 5 nitrogen and oxygen atoms in total. The van der Waals surface area contributed by atoms with Crippen LogP contribution in [0.4, 0.5) is 0 Å². The van der Waals surface area contributed by atoms with E-state index in [9.17, 15) is 0 Å². The van der Waals surface area contributed by atoms with Gasteiger partial charge in [-0.3, -0.25) is 4.98 Å². The number of imidazole rings is 1. The SMILES string of the molecule is Cc1cccc(-c2ncccc2-c2ccc3ncn(CCCN4CCNCC4)c3c2)c1. The molecule has 31 heavy (non-hydrogen) atoms. The van der Waals surface area contributed by atoms with Gasteiger partial charge in [0.1, 0.15) is 0 Å². The highest BCUT2D eigenvalue weighted by atomic mass is 15.2. The lowest BCUT2D eigenvalue weighted by Crippen LogP contribution is -2.43. The van der Waals surface area contributed by atoms with Crippen molar-refractivity contribution in [1.29, 1.82) is 0 Å². The summed E-state index contributed by atoms with van der Waals surface area (Å²) in [5.41, 5.74) is 8.00. The number of benzene rings is 2. The van der Waals surface area contributed by atoms with Gasteiger partial charge in [-0.2, -0.15) is 0 Å². The Morgan fingerprint density at radius 3 is 2.68 bits per heavy atom. The quantitative estimate of drug-likeness (QED) is 0.512. The first-order valence-electron chi connectivity index (χ1n) is 11.2. The molecule has 2 aromatic carbocycles. The number of piperazine rings is 1. The van der Waals surface area contributed by atoms with Crippen molar-refractivity contribution in [3.05, 3.63) is 72.7 Å². The monoisotopic (exact) mass is 411 g/mol.